The van der Waals surface area contributed by atoms with Crippen molar-refractivity contribution in [1.82, 2.24) is 24.5 Å². The minimum Gasteiger partial charge on any atom is -0.368 e. The fourth-order valence-electron chi connectivity index (χ4n) is 3.99. The largest absolute Gasteiger partial charge is 0.368 e. The summed E-state index contributed by atoms with van der Waals surface area (Å²) in [6.45, 7) is 4.04. The molecule has 0 bridgehead atoms. The molecule has 0 aliphatic heterocycles. The minimum atomic E-state index is 0.0390. The van der Waals surface area contributed by atoms with Crippen molar-refractivity contribution in [2.75, 3.05) is 11.1 Å². The molecular weight excluding hydrogens is 410 g/mol. The van der Waals surface area contributed by atoms with E-state index in [1.807, 2.05) is 25.1 Å². The van der Waals surface area contributed by atoms with Crippen molar-refractivity contribution in [2.24, 2.45) is 7.05 Å². The van der Waals surface area contributed by atoms with Crippen molar-refractivity contribution in [2.45, 2.75) is 19.9 Å². The summed E-state index contributed by atoms with van der Waals surface area (Å²) in [6.07, 6.45) is 5.55. The molecule has 3 aromatic heterocycles. The van der Waals surface area contributed by atoms with Crippen molar-refractivity contribution >= 4 is 22.7 Å². The van der Waals surface area contributed by atoms with Crippen molar-refractivity contribution < 1.29 is 0 Å². The van der Waals surface area contributed by atoms with E-state index in [1.54, 1.807) is 12.4 Å². The monoisotopic (exact) mass is 435 g/mol. The van der Waals surface area contributed by atoms with Crippen molar-refractivity contribution in [1.29, 1.82) is 0 Å². The number of nitrogens with two attached hydrogens (primary N) is 1. The van der Waals surface area contributed by atoms with Gasteiger partial charge < -0.3 is 15.6 Å². The maximum absolute atomic E-state index is 5.62. The van der Waals surface area contributed by atoms with E-state index in [-0.39, 0.29) is 12.0 Å². The Morgan fingerprint density at radius 2 is 1.73 bits per heavy atom. The number of rotatable bonds is 5. The molecule has 7 heteroatoms. The van der Waals surface area contributed by atoms with E-state index < -0.39 is 0 Å². The molecule has 3 heterocycles. The summed E-state index contributed by atoms with van der Waals surface area (Å²) in [5.74, 6) is 1.78. The number of nitrogens with one attached hydrogen (secondary N) is 1. The highest BCUT2D eigenvalue weighted by Crippen LogP contribution is 2.28. The summed E-state index contributed by atoms with van der Waals surface area (Å²) in [5.41, 5.74) is 11.9. The van der Waals surface area contributed by atoms with Crippen LogP contribution in [0.4, 0.5) is 11.8 Å². The van der Waals surface area contributed by atoms with Gasteiger partial charge in [-0.1, -0.05) is 30.3 Å². The van der Waals surface area contributed by atoms with Crippen LogP contribution in [0.5, 0.6) is 0 Å². The Bertz CT molecular complexity index is 1440. The van der Waals surface area contributed by atoms with Crippen LogP contribution >= 0.6 is 0 Å². The van der Waals surface area contributed by atoms with Crippen LogP contribution in [0.15, 0.2) is 73.2 Å². The molecule has 5 aromatic rings. The Labute approximate surface area is 192 Å². The van der Waals surface area contributed by atoms with E-state index in [4.69, 9.17) is 5.73 Å². The third-order valence-corrected chi connectivity index (χ3v) is 5.78. The van der Waals surface area contributed by atoms with Gasteiger partial charge in [-0.25, -0.2) is 19.9 Å². The standard InChI is InChI=1S/C26H25N7/c1-16(19-5-4-6-20(11-19)22-14-28-26(27)29-15-22)30-25-13-23(31-17(2)32-25)21-8-7-18-9-10-33(3)24(18)12-21/h4-16H,1-3H3,(H2,27,28,29)(H,30,31,32). The molecule has 1 unspecified atom stereocenters. The van der Waals surface area contributed by atoms with Crippen molar-refractivity contribution in [3.05, 3.63) is 84.6 Å². The van der Waals surface area contributed by atoms with E-state index in [1.165, 1.54) is 10.9 Å². The fraction of sp³-hybridized carbons (Fsp3) is 0.154. The molecule has 0 saturated heterocycles. The lowest BCUT2D eigenvalue weighted by molar-refractivity contribution is 0.868. The number of hydrogen-bond acceptors (Lipinski definition) is 6. The van der Waals surface area contributed by atoms with E-state index in [2.05, 4.69) is 86.4 Å². The molecule has 0 fully saturated rings. The average Bonchev–Trinajstić information content (AvgIpc) is 3.19. The molecule has 7 nitrogen and oxygen atoms in total. The maximum Gasteiger partial charge on any atom is 0.219 e. The second-order valence-corrected chi connectivity index (χ2v) is 8.21. The van der Waals surface area contributed by atoms with Gasteiger partial charge in [0.15, 0.2) is 0 Å². The SMILES string of the molecule is Cc1nc(NC(C)c2cccc(-c3cnc(N)nc3)c2)cc(-c2ccc3ccn(C)c3c2)n1. The Morgan fingerprint density at radius 3 is 2.55 bits per heavy atom. The summed E-state index contributed by atoms with van der Waals surface area (Å²) in [7, 11) is 2.05. The summed E-state index contributed by atoms with van der Waals surface area (Å²) < 4.78 is 2.12. The molecule has 0 amide bonds. The van der Waals surface area contributed by atoms with E-state index >= 15 is 0 Å². The first-order chi connectivity index (χ1) is 16.0. The van der Waals surface area contributed by atoms with Gasteiger partial charge in [0, 0.05) is 54.4 Å². The van der Waals surface area contributed by atoms with Crippen LogP contribution in [0.1, 0.15) is 24.4 Å². The predicted molar refractivity (Wildman–Crippen MR) is 133 cm³/mol. The molecular formula is C26H25N7. The zero-order valence-corrected chi connectivity index (χ0v) is 18.8. The van der Waals surface area contributed by atoms with Crippen LogP contribution in [0.2, 0.25) is 0 Å². The Hall–Kier alpha value is -4.26. The van der Waals surface area contributed by atoms with Crippen LogP contribution in [-0.2, 0) is 7.05 Å². The Kier molecular flexibility index (Phi) is 5.22. The van der Waals surface area contributed by atoms with Crippen LogP contribution < -0.4 is 11.1 Å². The van der Waals surface area contributed by atoms with Gasteiger partial charge >= 0.3 is 0 Å². The molecule has 33 heavy (non-hydrogen) atoms. The number of nitrogen functional groups attached to an aromatic ring is 1. The van der Waals surface area contributed by atoms with Gasteiger partial charge in [-0.3, -0.25) is 0 Å². The molecule has 164 valence electrons. The van der Waals surface area contributed by atoms with Gasteiger partial charge in [0.1, 0.15) is 11.6 Å². The minimum absolute atomic E-state index is 0.0390. The highest BCUT2D eigenvalue weighted by atomic mass is 15.0. The highest BCUT2D eigenvalue weighted by molar-refractivity contribution is 5.85. The summed E-state index contributed by atoms with van der Waals surface area (Å²) in [5, 5.41) is 4.75. The molecule has 0 aliphatic rings. The molecule has 0 radical (unpaired) electrons. The number of fused-ring (bicyclic) bond motifs is 1. The molecule has 0 aliphatic carbocycles. The van der Waals surface area contributed by atoms with Gasteiger partial charge in [0.2, 0.25) is 5.95 Å². The van der Waals surface area contributed by atoms with Gasteiger partial charge in [-0.05, 0) is 48.6 Å². The van der Waals surface area contributed by atoms with Gasteiger partial charge in [-0.2, -0.15) is 0 Å². The molecule has 3 N–H and O–H groups in total. The van der Waals surface area contributed by atoms with Crippen LogP contribution in [0.3, 0.4) is 0 Å². The summed E-state index contributed by atoms with van der Waals surface area (Å²) in [6, 6.07) is 18.9. The molecule has 5 rings (SSSR count). The molecule has 2 aromatic carbocycles. The third kappa shape index (κ3) is 4.25. The second kappa shape index (κ2) is 8.35. The Balaban J connectivity index is 1.42. The third-order valence-electron chi connectivity index (χ3n) is 5.78. The van der Waals surface area contributed by atoms with Crippen molar-refractivity contribution in [3.63, 3.8) is 0 Å². The average molecular weight is 436 g/mol. The van der Waals surface area contributed by atoms with Gasteiger partial charge in [-0.15, -0.1) is 0 Å². The first-order valence-corrected chi connectivity index (χ1v) is 10.8. The molecule has 0 saturated carbocycles. The first kappa shape index (κ1) is 20.6. The fourth-order valence-corrected chi connectivity index (χ4v) is 3.99. The van der Waals surface area contributed by atoms with E-state index in [9.17, 15) is 0 Å². The predicted octanol–water partition coefficient (Wildman–Crippen LogP) is 5.16. The molecule has 1 atom stereocenters. The van der Waals surface area contributed by atoms with Gasteiger partial charge in [0.05, 0.1) is 5.69 Å². The maximum atomic E-state index is 5.62. The number of aryl methyl sites for hydroxylation is 2. The number of benzene rings is 2. The van der Waals surface area contributed by atoms with Crippen LogP contribution in [0, 0.1) is 6.92 Å². The van der Waals surface area contributed by atoms with Crippen LogP contribution in [-0.4, -0.2) is 24.5 Å². The van der Waals surface area contributed by atoms with E-state index in [0.29, 0.717) is 0 Å². The normalized spacial score (nSPS) is 12.1. The van der Waals surface area contributed by atoms with Crippen molar-refractivity contribution in [3.8, 4) is 22.4 Å². The van der Waals surface area contributed by atoms with Gasteiger partial charge in [0.25, 0.3) is 0 Å². The lowest BCUT2D eigenvalue weighted by atomic mass is 10.0. The zero-order chi connectivity index (χ0) is 22.9. The highest BCUT2D eigenvalue weighted by Gasteiger charge is 2.11. The first-order valence-electron chi connectivity index (χ1n) is 10.8. The summed E-state index contributed by atoms with van der Waals surface area (Å²) >= 11 is 0. The number of aromatic nitrogens is 5. The van der Waals surface area contributed by atoms with Crippen LogP contribution in [0.25, 0.3) is 33.3 Å². The number of hydrogen-bond donors (Lipinski definition) is 2. The lowest BCUT2D eigenvalue weighted by Gasteiger charge is -2.17. The zero-order valence-electron chi connectivity index (χ0n) is 18.8. The quantitative estimate of drug-likeness (QED) is 0.396. The topological polar surface area (TPSA) is 94.5 Å². The second-order valence-electron chi connectivity index (χ2n) is 8.21. The smallest absolute Gasteiger partial charge is 0.219 e. The molecule has 0 spiro atoms. The number of anilines is 2. The number of nitrogens with zero attached hydrogens (tertiary/aromatic N) is 5. The lowest BCUT2D eigenvalue weighted by Crippen LogP contribution is -2.09. The summed E-state index contributed by atoms with van der Waals surface area (Å²) in [4.78, 5) is 17.5. The van der Waals surface area contributed by atoms with E-state index in [0.717, 1.165) is 39.6 Å². The Morgan fingerprint density at radius 1 is 0.909 bits per heavy atom.